The predicted octanol–water partition coefficient (Wildman–Crippen LogP) is 3.31. The van der Waals surface area contributed by atoms with E-state index in [1.165, 1.54) is 5.56 Å². The minimum absolute atomic E-state index is 0.873. The van der Waals surface area contributed by atoms with Crippen molar-refractivity contribution < 1.29 is 4.74 Å². The molecule has 0 unspecified atom stereocenters. The summed E-state index contributed by atoms with van der Waals surface area (Å²) >= 11 is 1.65. The maximum atomic E-state index is 5.34. The van der Waals surface area contributed by atoms with Crippen LogP contribution in [0.2, 0.25) is 0 Å². The normalized spacial score (nSPS) is 14.9. The summed E-state index contributed by atoms with van der Waals surface area (Å²) in [5.74, 6) is 1.01. The van der Waals surface area contributed by atoms with Crippen LogP contribution >= 0.6 is 11.8 Å². The van der Waals surface area contributed by atoms with E-state index >= 15 is 0 Å². The maximum absolute atomic E-state index is 5.34. The second kappa shape index (κ2) is 4.19. The Morgan fingerprint density at radius 2 is 2.00 bits per heavy atom. The van der Waals surface area contributed by atoms with Crippen molar-refractivity contribution in [2.45, 2.75) is 6.42 Å². The van der Waals surface area contributed by atoms with E-state index in [1.54, 1.807) is 18.0 Å². The van der Waals surface area contributed by atoms with Crippen LogP contribution in [0.4, 0.5) is 0 Å². The van der Waals surface area contributed by atoms with Crippen molar-refractivity contribution in [1.82, 2.24) is 0 Å². The first-order valence-corrected chi connectivity index (χ1v) is 5.09. The smallest absolute Gasteiger partial charge is 0.114 e. The zero-order valence-corrected chi connectivity index (χ0v) is 7.96. The van der Waals surface area contributed by atoms with Gasteiger partial charge in [-0.05, 0) is 5.56 Å². The third kappa shape index (κ3) is 2.39. The number of hydrogen-bond donors (Lipinski definition) is 0. The highest BCUT2D eigenvalue weighted by atomic mass is 32.2. The Balaban J connectivity index is 2.02. The van der Waals surface area contributed by atoms with E-state index in [9.17, 15) is 0 Å². The van der Waals surface area contributed by atoms with Crippen LogP contribution in [0.5, 0.6) is 0 Å². The van der Waals surface area contributed by atoms with Gasteiger partial charge in [0.25, 0.3) is 0 Å². The van der Waals surface area contributed by atoms with Gasteiger partial charge < -0.3 is 4.74 Å². The Bertz CT molecular complexity index is 327. The van der Waals surface area contributed by atoms with Crippen molar-refractivity contribution in [2.75, 3.05) is 0 Å². The molecule has 0 saturated heterocycles. The third-order valence-electron chi connectivity index (χ3n) is 1.77. The molecule has 0 amide bonds. The molecular weight excluding hydrogens is 180 g/mol. The monoisotopic (exact) mass is 190 g/mol. The molecule has 1 aromatic rings. The molecule has 0 aliphatic carbocycles. The average molecular weight is 190 g/mol. The van der Waals surface area contributed by atoms with Crippen LogP contribution < -0.4 is 0 Å². The van der Waals surface area contributed by atoms with E-state index < -0.39 is 0 Å². The van der Waals surface area contributed by atoms with Gasteiger partial charge in [-0.3, -0.25) is 0 Å². The molecule has 0 bridgehead atoms. The van der Waals surface area contributed by atoms with Crippen molar-refractivity contribution in [3.63, 3.8) is 0 Å². The minimum atomic E-state index is 0.873. The summed E-state index contributed by atoms with van der Waals surface area (Å²) in [6.07, 6.45) is 2.60. The number of benzene rings is 1. The fraction of sp³-hybridized carbons (Fsp3) is 0.0909. The maximum Gasteiger partial charge on any atom is 0.114 e. The highest BCUT2D eigenvalue weighted by Gasteiger charge is 2.01. The summed E-state index contributed by atoms with van der Waals surface area (Å²) in [7, 11) is 0. The van der Waals surface area contributed by atoms with E-state index in [2.05, 4.69) is 12.1 Å². The molecule has 66 valence electrons. The minimum Gasteiger partial charge on any atom is -0.468 e. The lowest BCUT2D eigenvalue weighted by Crippen LogP contribution is -1.93. The second-order valence-electron chi connectivity index (χ2n) is 2.77. The second-order valence-corrected chi connectivity index (χ2v) is 3.55. The van der Waals surface area contributed by atoms with Crippen molar-refractivity contribution in [3.05, 3.63) is 58.7 Å². The van der Waals surface area contributed by atoms with Gasteiger partial charge in [0.1, 0.15) is 5.76 Å². The number of thioether (sulfide) groups is 1. The lowest BCUT2D eigenvalue weighted by molar-refractivity contribution is 0.342. The average Bonchev–Trinajstić information content (AvgIpc) is 2.21. The molecule has 0 radical (unpaired) electrons. The van der Waals surface area contributed by atoms with Gasteiger partial charge in [-0.1, -0.05) is 42.1 Å². The predicted molar refractivity (Wildman–Crippen MR) is 56.0 cm³/mol. The molecule has 1 aliphatic rings. The van der Waals surface area contributed by atoms with Crippen LogP contribution in [0.3, 0.4) is 0 Å². The molecule has 1 aromatic carbocycles. The highest BCUT2D eigenvalue weighted by Crippen LogP contribution is 2.19. The quantitative estimate of drug-likeness (QED) is 0.707. The summed E-state index contributed by atoms with van der Waals surface area (Å²) in [5, 5.41) is 3.96. The standard InChI is InChI=1S/C11H10OS/c1-2-4-10(5-3-1)8-11-9-13-7-6-12-11/h1-7,9H,8H2. The Morgan fingerprint density at radius 1 is 1.15 bits per heavy atom. The molecule has 0 fully saturated rings. The molecule has 13 heavy (non-hydrogen) atoms. The number of allylic oxidation sites excluding steroid dienone is 1. The van der Waals surface area contributed by atoms with Crippen molar-refractivity contribution in [2.24, 2.45) is 0 Å². The highest BCUT2D eigenvalue weighted by molar-refractivity contribution is 8.04. The van der Waals surface area contributed by atoms with E-state index in [-0.39, 0.29) is 0 Å². The molecule has 0 N–H and O–H groups in total. The molecule has 1 nitrogen and oxygen atoms in total. The number of rotatable bonds is 2. The van der Waals surface area contributed by atoms with Gasteiger partial charge in [-0.25, -0.2) is 0 Å². The molecule has 1 aliphatic heterocycles. The van der Waals surface area contributed by atoms with E-state index in [4.69, 9.17) is 4.74 Å². The number of hydrogen-bond acceptors (Lipinski definition) is 2. The first kappa shape index (κ1) is 8.45. The summed E-state index contributed by atoms with van der Waals surface area (Å²) in [4.78, 5) is 0. The molecular formula is C11H10OS. The molecule has 0 saturated carbocycles. The Hall–Kier alpha value is -1.15. The van der Waals surface area contributed by atoms with Gasteiger partial charge in [0.2, 0.25) is 0 Å². The van der Waals surface area contributed by atoms with E-state index in [1.807, 2.05) is 29.0 Å². The summed E-state index contributed by atoms with van der Waals surface area (Å²) < 4.78 is 5.34. The molecule has 1 heterocycles. The third-order valence-corrected chi connectivity index (χ3v) is 2.44. The van der Waals surface area contributed by atoms with Crippen molar-refractivity contribution in [1.29, 1.82) is 0 Å². The van der Waals surface area contributed by atoms with Crippen LogP contribution in [0.25, 0.3) is 0 Å². The first-order valence-electron chi connectivity index (χ1n) is 4.15. The van der Waals surface area contributed by atoms with E-state index in [0.29, 0.717) is 0 Å². The van der Waals surface area contributed by atoms with Gasteiger partial charge in [-0.2, -0.15) is 0 Å². The van der Waals surface area contributed by atoms with Gasteiger partial charge in [0.15, 0.2) is 0 Å². The Labute approximate surface area is 82.1 Å². The van der Waals surface area contributed by atoms with Gasteiger partial charge in [-0.15, -0.1) is 0 Å². The summed E-state index contributed by atoms with van der Waals surface area (Å²) in [5.41, 5.74) is 1.28. The summed E-state index contributed by atoms with van der Waals surface area (Å²) in [6, 6.07) is 10.3. The molecule has 0 atom stereocenters. The van der Waals surface area contributed by atoms with E-state index in [0.717, 1.165) is 12.2 Å². The summed E-state index contributed by atoms with van der Waals surface area (Å²) in [6.45, 7) is 0. The van der Waals surface area contributed by atoms with Gasteiger partial charge in [0, 0.05) is 17.2 Å². The fourth-order valence-electron chi connectivity index (χ4n) is 1.17. The van der Waals surface area contributed by atoms with Crippen molar-refractivity contribution in [3.8, 4) is 0 Å². The zero-order chi connectivity index (χ0) is 8.93. The van der Waals surface area contributed by atoms with Crippen LogP contribution in [0, 0.1) is 0 Å². The van der Waals surface area contributed by atoms with Crippen LogP contribution in [-0.4, -0.2) is 0 Å². The lowest BCUT2D eigenvalue weighted by Gasteiger charge is -2.08. The molecule has 2 heteroatoms. The SMILES string of the molecule is C1=CSC=C(Cc2ccccc2)O1. The largest absolute Gasteiger partial charge is 0.468 e. The first-order chi connectivity index (χ1) is 6.45. The fourth-order valence-corrected chi connectivity index (χ4v) is 1.66. The van der Waals surface area contributed by atoms with Gasteiger partial charge >= 0.3 is 0 Å². The Kier molecular flexibility index (Phi) is 2.72. The van der Waals surface area contributed by atoms with Gasteiger partial charge in [0.05, 0.1) is 6.26 Å². The topological polar surface area (TPSA) is 9.23 Å². The van der Waals surface area contributed by atoms with Crippen LogP contribution in [0.1, 0.15) is 5.56 Å². The zero-order valence-electron chi connectivity index (χ0n) is 7.14. The molecule has 2 rings (SSSR count). The Morgan fingerprint density at radius 3 is 2.69 bits per heavy atom. The van der Waals surface area contributed by atoms with Crippen molar-refractivity contribution >= 4 is 11.8 Å². The van der Waals surface area contributed by atoms with Crippen LogP contribution in [-0.2, 0) is 11.2 Å². The number of ether oxygens (including phenoxy) is 1. The lowest BCUT2D eigenvalue weighted by atomic mass is 10.1. The molecule has 0 spiro atoms. The van der Waals surface area contributed by atoms with Crippen LogP contribution in [0.15, 0.2) is 53.2 Å². The molecule has 0 aromatic heterocycles.